The monoisotopic (exact) mass is 170 g/mol. The molecule has 0 atom stereocenters. The van der Waals surface area contributed by atoms with Gasteiger partial charge in [0.1, 0.15) is 0 Å². The zero-order valence-corrected chi connectivity index (χ0v) is 9.61. The van der Waals surface area contributed by atoms with Gasteiger partial charge < -0.3 is 0 Å². The average Bonchev–Trinajstić information content (AvgIpc) is 1.91. The van der Waals surface area contributed by atoms with Crippen molar-refractivity contribution in [3.63, 3.8) is 0 Å². The summed E-state index contributed by atoms with van der Waals surface area (Å²) in [6.07, 6.45) is 4.08. The Morgan fingerprint density at radius 3 is 1.70 bits per heavy atom. The number of rotatable bonds is 0. The third-order valence-electron chi connectivity index (χ3n) is 0.940. The quantitative estimate of drug-likeness (QED) is 0.515. The molecule has 0 bridgehead atoms. The lowest BCUT2D eigenvalue weighted by molar-refractivity contribution is 1.78. The lowest BCUT2D eigenvalue weighted by atomic mass is 10.4. The Bertz CT molecular complexity index is 151. The van der Waals surface area contributed by atoms with Crippen molar-refractivity contribution < 1.29 is 0 Å². The Morgan fingerprint density at radius 1 is 1.10 bits per heavy atom. The molecule has 1 rings (SSSR count). The fourth-order valence-electron chi connectivity index (χ4n) is 0.534. The molecule has 0 aliphatic carbocycles. The smallest absolute Gasteiger partial charge is 0.0384 e. The molecule has 56 valence electrons. The molecule has 1 aromatic carbocycles. The molecule has 0 N–H and O–H groups in total. The standard InChI is InChI=1S/C6H8Si.C2H6S/c7-6-4-2-1-3-5-6;1-3-2/h1-5H,7H3;1-2H3. The van der Waals surface area contributed by atoms with E-state index in [1.165, 1.54) is 15.4 Å². The van der Waals surface area contributed by atoms with Gasteiger partial charge in [0.25, 0.3) is 0 Å². The minimum atomic E-state index is 1.17. The molecule has 2 heteroatoms. The summed E-state index contributed by atoms with van der Waals surface area (Å²) in [5, 5.41) is 1.46. The number of benzene rings is 1. The molecule has 0 spiro atoms. The zero-order chi connectivity index (χ0) is 7.82. The molecule has 0 nitrogen and oxygen atoms in total. The van der Waals surface area contributed by atoms with E-state index in [9.17, 15) is 0 Å². The molecule has 0 radical (unpaired) electrons. The molecule has 0 aromatic heterocycles. The van der Waals surface area contributed by atoms with Gasteiger partial charge in [-0.25, -0.2) is 0 Å². The van der Waals surface area contributed by atoms with E-state index in [1.54, 1.807) is 11.8 Å². The van der Waals surface area contributed by atoms with Gasteiger partial charge in [-0.2, -0.15) is 11.8 Å². The van der Waals surface area contributed by atoms with Gasteiger partial charge in [0.15, 0.2) is 0 Å². The summed E-state index contributed by atoms with van der Waals surface area (Å²) in [6.45, 7) is 0. The maximum atomic E-state index is 2.15. The lowest BCUT2D eigenvalue weighted by Crippen LogP contribution is -1.97. The highest BCUT2D eigenvalue weighted by Gasteiger charge is 1.72. The van der Waals surface area contributed by atoms with Crippen LogP contribution >= 0.6 is 11.8 Å². The second kappa shape index (κ2) is 6.90. The van der Waals surface area contributed by atoms with Crippen molar-refractivity contribution in [2.45, 2.75) is 0 Å². The molecular weight excluding hydrogens is 156 g/mol. The van der Waals surface area contributed by atoms with E-state index in [4.69, 9.17) is 0 Å². The van der Waals surface area contributed by atoms with Crippen LogP contribution in [0.5, 0.6) is 0 Å². The molecule has 0 amide bonds. The van der Waals surface area contributed by atoms with E-state index < -0.39 is 0 Å². The highest BCUT2D eigenvalue weighted by Crippen LogP contribution is 1.76. The molecule has 0 unspecified atom stereocenters. The molecule has 0 saturated heterocycles. The van der Waals surface area contributed by atoms with Gasteiger partial charge in [-0.1, -0.05) is 35.5 Å². The summed E-state index contributed by atoms with van der Waals surface area (Å²) < 4.78 is 0. The summed E-state index contributed by atoms with van der Waals surface area (Å²) in [5.74, 6) is 0. The molecule has 10 heavy (non-hydrogen) atoms. The van der Waals surface area contributed by atoms with Gasteiger partial charge in [0, 0.05) is 10.2 Å². The van der Waals surface area contributed by atoms with E-state index >= 15 is 0 Å². The fraction of sp³-hybridized carbons (Fsp3) is 0.250. The third kappa shape index (κ3) is 5.92. The third-order valence-corrected chi connectivity index (χ3v) is 1.61. The second-order valence-electron chi connectivity index (χ2n) is 2.06. The van der Waals surface area contributed by atoms with Crippen molar-refractivity contribution in [1.29, 1.82) is 0 Å². The summed E-state index contributed by atoms with van der Waals surface area (Å²) in [7, 11) is 1.17. The minimum absolute atomic E-state index is 1.17. The fourth-order valence-corrected chi connectivity index (χ4v) is 0.919. The Hall–Kier alpha value is -0.213. The average molecular weight is 170 g/mol. The highest BCUT2D eigenvalue weighted by atomic mass is 32.2. The maximum Gasteiger partial charge on any atom is 0.0384 e. The summed E-state index contributed by atoms with van der Waals surface area (Å²) in [5.41, 5.74) is 0. The maximum absolute atomic E-state index is 2.15. The van der Waals surface area contributed by atoms with Crippen LogP contribution in [0.4, 0.5) is 0 Å². The first-order valence-corrected chi connectivity index (χ1v) is 5.86. The lowest BCUT2D eigenvalue weighted by Gasteiger charge is -1.82. The van der Waals surface area contributed by atoms with Crippen LogP contribution in [0.3, 0.4) is 0 Å². The second-order valence-corrected chi connectivity index (χ2v) is 4.03. The van der Waals surface area contributed by atoms with E-state index in [1.807, 2.05) is 18.6 Å². The first kappa shape index (κ1) is 9.79. The summed E-state index contributed by atoms with van der Waals surface area (Å²) in [4.78, 5) is 0. The van der Waals surface area contributed by atoms with Crippen molar-refractivity contribution in [1.82, 2.24) is 0 Å². The topological polar surface area (TPSA) is 0 Å². The van der Waals surface area contributed by atoms with Crippen LogP contribution in [0.1, 0.15) is 0 Å². The van der Waals surface area contributed by atoms with Gasteiger partial charge in [-0.3, -0.25) is 0 Å². The molecular formula is C8H14SSi. The molecule has 0 heterocycles. The largest absolute Gasteiger partial charge is 0.169 e. The Labute approximate surface area is 70.5 Å². The molecule has 0 saturated carbocycles. The van der Waals surface area contributed by atoms with Gasteiger partial charge >= 0.3 is 0 Å². The van der Waals surface area contributed by atoms with Crippen LogP contribution in [-0.2, 0) is 0 Å². The van der Waals surface area contributed by atoms with E-state index in [0.717, 1.165) is 0 Å². The summed E-state index contributed by atoms with van der Waals surface area (Å²) in [6, 6.07) is 10.5. The Morgan fingerprint density at radius 2 is 1.50 bits per heavy atom. The van der Waals surface area contributed by atoms with Crippen molar-refractivity contribution in [3.05, 3.63) is 30.3 Å². The molecule has 0 fully saturated rings. The SMILES string of the molecule is CSC.[SiH3]c1ccccc1. The van der Waals surface area contributed by atoms with Crippen molar-refractivity contribution in [2.75, 3.05) is 12.5 Å². The van der Waals surface area contributed by atoms with Crippen LogP contribution in [0.15, 0.2) is 30.3 Å². The van der Waals surface area contributed by atoms with Crippen LogP contribution in [0, 0.1) is 0 Å². The van der Waals surface area contributed by atoms with Gasteiger partial charge in [0.05, 0.1) is 0 Å². The first-order valence-electron chi connectivity index (χ1n) is 3.23. The van der Waals surface area contributed by atoms with Gasteiger partial charge in [0.2, 0.25) is 0 Å². The van der Waals surface area contributed by atoms with Crippen molar-refractivity contribution >= 4 is 27.2 Å². The van der Waals surface area contributed by atoms with Crippen molar-refractivity contribution in [2.24, 2.45) is 0 Å². The van der Waals surface area contributed by atoms with E-state index in [-0.39, 0.29) is 0 Å². The zero-order valence-electron chi connectivity index (χ0n) is 6.79. The highest BCUT2D eigenvalue weighted by molar-refractivity contribution is 7.97. The first-order chi connectivity index (χ1) is 4.81. The van der Waals surface area contributed by atoms with Crippen LogP contribution in [0.2, 0.25) is 0 Å². The van der Waals surface area contributed by atoms with E-state index in [0.29, 0.717) is 0 Å². The van der Waals surface area contributed by atoms with Gasteiger partial charge in [-0.15, -0.1) is 0 Å². The van der Waals surface area contributed by atoms with Crippen LogP contribution in [0.25, 0.3) is 0 Å². The predicted octanol–water partition coefficient (Wildman–Crippen LogP) is 0.656. The predicted molar refractivity (Wildman–Crippen MR) is 55.5 cm³/mol. The normalized spacial score (nSPS) is 8.20. The molecule has 0 aliphatic heterocycles. The number of hydrogen-bond acceptors (Lipinski definition) is 1. The number of thioether (sulfide) groups is 1. The van der Waals surface area contributed by atoms with Crippen LogP contribution < -0.4 is 5.19 Å². The molecule has 0 aliphatic rings. The van der Waals surface area contributed by atoms with Crippen molar-refractivity contribution in [3.8, 4) is 0 Å². The Kier molecular flexibility index (Phi) is 6.75. The van der Waals surface area contributed by atoms with E-state index in [2.05, 4.69) is 24.3 Å². The number of hydrogen-bond donors (Lipinski definition) is 0. The van der Waals surface area contributed by atoms with Crippen LogP contribution in [-0.4, -0.2) is 22.8 Å². The summed E-state index contributed by atoms with van der Waals surface area (Å²) >= 11 is 1.75. The Balaban J connectivity index is 0.000000236. The minimum Gasteiger partial charge on any atom is -0.169 e. The molecule has 1 aromatic rings. The van der Waals surface area contributed by atoms with Gasteiger partial charge in [-0.05, 0) is 12.5 Å².